The maximum atomic E-state index is 12.4. The molecular weight excluding hydrogens is 358 g/mol. The van der Waals surface area contributed by atoms with Gasteiger partial charge in [0, 0.05) is 36.2 Å². The molecule has 1 spiro atoms. The van der Waals surface area contributed by atoms with Crippen LogP contribution in [0.4, 0.5) is 0 Å². The third-order valence-corrected chi connectivity index (χ3v) is 11.2. The van der Waals surface area contributed by atoms with Gasteiger partial charge in [0.2, 0.25) is 0 Å². The molecule has 9 bridgehead atoms. The molecule has 13 atom stereocenters. The summed E-state index contributed by atoms with van der Waals surface area (Å²) >= 11 is 0. The quantitative estimate of drug-likeness (QED) is 0.644. The second-order valence-corrected chi connectivity index (χ2v) is 11.4. The Morgan fingerprint density at radius 2 is 2.00 bits per heavy atom. The normalized spacial score (nSPS) is 70.7. The van der Waals surface area contributed by atoms with Gasteiger partial charge in [-0.3, -0.25) is 4.90 Å². The number of piperidine rings is 1. The minimum absolute atomic E-state index is 0.0183. The highest BCUT2D eigenvalue weighted by Crippen LogP contribution is 2.83. The first-order valence-electron chi connectivity index (χ1n) is 11.4. The lowest BCUT2D eigenvalue weighted by atomic mass is 9.41. The Balaban J connectivity index is 1.53. The van der Waals surface area contributed by atoms with E-state index in [1.165, 1.54) is 0 Å². The van der Waals surface area contributed by atoms with Gasteiger partial charge < -0.3 is 24.8 Å². The molecule has 5 aliphatic carbocycles. The molecule has 9 rings (SSSR count). The molecule has 0 amide bonds. The molecule has 3 N–H and O–H groups in total. The van der Waals surface area contributed by atoms with Gasteiger partial charge in [-0.2, -0.15) is 0 Å². The fourth-order valence-corrected chi connectivity index (χ4v) is 10.6. The average Bonchev–Trinajstić information content (AvgIpc) is 3.08. The summed E-state index contributed by atoms with van der Waals surface area (Å²) in [5, 5.41) is 35.9. The Kier molecular flexibility index (Phi) is 2.90. The zero-order valence-corrected chi connectivity index (χ0v) is 17.0. The minimum Gasteiger partial charge on any atom is -0.392 e. The highest BCUT2D eigenvalue weighted by Gasteiger charge is 2.91. The predicted molar refractivity (Wildman–Crippen MR) is 99.1 cm³/mol. The minimum atomic E-state index is -1.29. The molecule has 28 heavy (non-hydrogen) atoms. The third kappa shape index (κ3) is 1.34. The predicted octanol–water partition coefficient (Wildman–Crippen LogP) is 0.729. The second-order valence-electron chi connectivity index (χ2n) is 11.4. The number of fused-ring (bicyclic) bond motifs is 3. The molecule has 6 heteroatoms. The van der Waals surface area contributed by atoms with Crippen molar-refractivity contribution in [1.82, 2.24) is 4.90 Å². The van der Waals surface area contributed by atoms with E-state index in [4.69, 9.17) is 9.47 Å². The van der Waals surface area contributed by atoms with Crippen molar-refractivity contribution < 1.29 is 24.8 Å². The van der Waals surface area contributed by atoms with E-state index in [0.29, 0.717) is 18.8 Å². The van der Waals surface area contributed by atoms with Gasteiger partial charge in [0.15, 0.2) is 0 Å². The van der Waals surface area contributed by atoms with Crippen LogP contribution >= 0.6 is 0 Å². The van der Waals surface area contributed by atoms with E-state index in [1.807, 2.05) is 0 Å². The van der Waals surface area contributed by atoms with Gasteiger partial charge in [0.05, 0.1) is 24.4 Å². The summed E-state index contributed by atoms with van der Waals surface area (Å²) in [5.74, 6) is 0.339. The lowest BCUT2D eigenvalue weighted by Crippen LogP contribution is -2.86. The van der Waals surface area contributed by atoms with Crippen molar-refractivity contribution >= 4 is 0 Å². The van der Waals surface area contributed by atoms with E-state index in [9.17, 15) is 15.3 Å². The van der Waals surface area contributed by atoms with Crippen molar-refractivity contribution in [2.75, 3.05) is 13.7 Å². The zero-order chi connectivity index (χ0) is 19.4. The molecule has 0 radical (unpaired) electrons. The summed E-state index contributed by atoms with van der Waals surface area (Å²) in [5.41, 5.74) is -2.63. The van der Waals surface area contributed by atoms with Crippen LogP contribution in [0.25, 0.3) is 0 Å². The van der Waals surface area contributed by atoms with Crippen molar-refractivity contribution in [2.24, 2.45) is 34.5 Å². The number of nitrogens with zero attached hydrogens (tertiary/aromatic N) is 1. The lowest BCUT2D eigenvalue weighted by Gasteiger charge is -2.76. The first-order valence-corrected chi connectivity index (χ1v) is 11.4. The van der Waals surface area contributed by atoms with E-state index in [1.54, 1.807) is 7.11 Å². The lowest BCUT2D eigenvalue weighted by molar-refractivity contribution is -0.403. The molecule has 4 aliphatic heterocycles. The Morgan fingerprint density at radius 1 is 1.21 bits per heavy atom. The largest absolute Gasteiger partial charge is 0.392 e. The van der Waals surface area contributed by atoms with Crippen molar-refractivity contribution in [3.05, 3.63) is 0 Å². The van der Waals surface area contributed by atoms with E-state index in [0.717, 1.165) is 25.8 Å². The molecule has 0 aromatic heterocycles. The number of aliphatic hydroxyl groups excluding tert-OH is 1. The van der Waals surface area contributed by atoms with Crippen LogP contribution in [-0.2, 0) is 9.47 Å². The highest BCUT2D eigenvalue weighted by atomic mass is 16.5. The number of ether oxygens (including phenoxy) is 2. The van der Waals surface area contributed by atoms with Gasteiger partial charge >= 0.3 is 0 Å². The van der Waals surface area contributed by atoms with Crippen LogP contribution in [0.3, 0.4) is 0 Å². The number of likely N-dealkylation sites (N-methyl/N-ethyl adjacent to an activating group) is 1. The number of hydrogen-bond acceptors (Lipinski definition) is 6. The summed E-state index contributed by atoms with van der Waals surface area (Å²) in [6.45, 7) is 5.34. The standard InChI is InChI=1S/C22H33NO5/c1-4-23-17-21(26)9-13-19(2)6-5-14(28-18(19)23)22(13,17)11-7-10-12(27-3)8-20(21,25)15(11)16(10)24/h10-18,24-26H,4-9H2,1-3H3. The topological polar surface area (TPSA) is 82.4 Å². The van der Waals surface area contributed by atoms with Crippen LogP contribution in [0.5, 0.6) is 0 Å². The maximum absolute atomic E-state index is 12.4. The maximum Gasteiger partial charge on any atom is 0.117 e. The number of rotatable bonds is 2. The number of hydrogen-bond donors (Lipinski definition) is 3. The van der Waals surface area contributed by atoms with Crippen molar-refractivity contribution in [3.8, 4) is 0 Å². The number of methoxy groups -OCH3 is 1. The van der Waals surface area contributed by atoms with E-state index in [2.05, 4.69) is 18.7 Å². The van der Waals surface area contributed by atoms with E-state index < -0.39 is 17.3 Å². The molecule has 156 valence electrons. The Bertz CT molecular complexity index is 763. The summed E-state index contributed by atoms with van der Waals surface area (Å²) in [6, 6.07) is -0.0695. The molecule has 4 saturated heterocycles. The van der Waals surface area contributed by atoms with Crippen LogP contribution < -0.4 is 0 Å². The van der Waals surface area contributed by atoms with Crippen molar-refractivity contribution in [3.63, 3.8) is 0 Å². The second kappa shape index (κ2) is 4.66. The molecule has 9 fully saturated rings. The summed E-state index contributed by atoms with van der Waals surface area (Å²) in [7, 11) is 1.68. The van der Waals surface area contributed by atoms with Crippen LogP contribution in [0.1, 0.15) is 46.0 Å². The SMILES string of the molecule is CCN1C2OC3CCC2(C)C2CC4(O)C1C32C1CC2C(OC)CC4(O)C1C2O. The van der Waals surface area contributed by atoms with Crippen molar-refractivity contribution in [1.29, 1.82) is 0 Å². The smallest absolute Gasteiger partial charge is 0.117 e. The average molecular weight is 392 g/mol. The van der Waals surface area contributed by atoms with Crippen LogP contribution in [0.2, 0.25) is 0 Å². The molecule has 13 unspecified atom stereocenters. The molecule has 0 aromatic carbocycles. The van der Waals surface area contributed by atoms with Gasteiger partial charge in [0.1, 0.15) is 17.4 Å². The first-order chi connectivity index (χ1) is 13.3. The summed E-state index contributed by atoms with van der Waals surface area (Å²) in [6.07, 6.45) is 3.54. The Morgan fingerprint density at radius 3 is 2.71 bits per heavy atom. The summed E-state index contributed by atoms with van der Waals surface area (Å²) < 4.78 is 12.5. The fraction of sp³-hybridized carbons (Fsp3) is 1.00. The van der Waals surface area contributed by atoms with Crippen LogP contribution in [0, 0.1) is 34.5 Å². The van der Waals surface area contributed by atoms with Gasteiger partial charge in [-0.25, -0.2) is 0 Å². The monoisotopic (exact) mass is 391 g/mol. The summed E-state index contributed by atoms with van der Waals surface area (Å²) in [4.78, 5) is 2.40. The first kappa shape index (κ1) is 17.4. The molecular formula is C22H33NO5. The van der Waals surface area contributed by atoms with Crippen molar-refractivity contribution in [2.45, 2.75) is 87.7 Å². The molecule has 0 aromatic rings. The number of aliphatic hydroxyl groups is 3. The zero-order valence-electron chi connectivity index (χ0n) is 17.0. The third-order valence-electron chi connectivity index (χ3n) is 11.2. The van der Waals surface area contributed by atoms with E-state index in [-0.39, 0.29) is 53.1 Å². The van der Waals surface area contributed by atoms with Gasteiger partial charge in [-0.15, -0.1) is 0 Å². The van der Waals surface area contributed by atoms with Crippen LogP contribution in [0.15, 0.2) is 0 Å². The molecule has 6 nitrogen and oxygen atoms in total. The Hall–Kier alpha value is -0.240. The molecule has 9 aliphatic rings. The molecule has 4 heterocycles. The van der Waals surface area contributed by atoms with Crippen LogP contribution in [-0.4, -0.2) is 75.7 Å². The Labute approximate surface area is 166 Å². The van der Waals surface area contributed by atoms with E-state index >= 15 is 0 Å². The fourth-order valence-electron chi connectivity index (χ4n) is 10.6. The van der Waals surface area contributed by atoms with Gasteiger partial charge in [-0.05, 0) is 44.1 Å². The highest BCUT2D eigenvalue weighted by molar-refractivity contribution is 5.40. The molecule has 5 saturated carbocycles. The van der Waals surface area contributed by atoms with Gasteiger partial charge in [0.25, 0.3) is 0 Å². The van der Waals surface area contributed by atoms with Gasteiger partial charge in [-0.1, -0.05) is 13.8 Å².